The number of carbonyl (C=O) groups is 1. The van der Waals surface area contributed by atoms with Crippen molar-refractivity contribution in [3.8, 4) is 11.3 Å². The number of aromatic nitrogens is 1. The minimum Gasteiger partial charge on any atom is -0.441 e. The maximum absolute atomic E-state index is 10.6. The van der Waals surface area contributed by atoms with Crippen LogP contribution < -0.4 is 0 Å². The first-order chi connectivity index (χ1) is 8.15. The zero-order chi connectivity index (χ0) is 12.3. The zero-order valence-corrected chi connectivity index (χ0v) is 10.3. The van der Waals surface area contributed by atoms with Gasteiger partial charge in [-0.25, -0.2) is 4.98 Å². The van der Waals surface area contributed by atoms with E-state index < -0.39 is 5.24 Å². The maximum Gasteiger partial charge on any atom is 0.222 e. The second-order valence-electron chi connectivity index (χ2n) is 3.48. The topological polar surface area (TPSA) is 43.1 Å². The lowest BCUT2D eigenvalue weighted by Gasteiger charge is -1.96. The molecule has 2 rings (SSSR count). The van der Waals surface area contributed by atoms with Crippen molar-refractivity contribution in [2.45, 2.75) is 12.8 Å². The molecule has 1 aromatic heterocycles. The molecule has 0 spiro atoms. The molecule has 2 aromatic rings. The van der Waals surface area contributed by atoms with Crippen LogP contribution in [-0.2, 0) is 11.2 Å². The van der Waals surface area contributed by atoms with E-state index >= 15 is 0 Å². The molecule has 0 amide bonds. The molecular weight excluding hydrogens is 261 g/mol. The van der Waals surface area contributed by atoms with Crippen molar-refractivity contribution in [2.24, 2.45) is 0 Å². The molecule has 3 nitrogen and oxygen atoms in total. The van der Waals surface area contributed by atoms with Crippen molar-refractivity contribution in [1.82, 2.24) is 4.98 Å². The lowest BCUT2D eigenvalue weighted by Crippen LogP contribution is -1.90. The second kappa shape index (κ2) is 5.34. The Kier molecular flexibility index (Phi) is 3.82. The maximum atomic E-state index is 10.6. The Morgan fingerprint density at radius 1 is 1.29 bits per heavy atom. The van der Waals surface area contributed by atoms with Gasteiger partial charge >= 0.3 is 0 Å². The number of rotatable bonds is 4. The number of hydrogen-bond donors (Lipinski definition) is 0. The fraction of sp³-hybridized carbons (Fsp3) is 0.167. The molecule has 0 saturated heterocycles. The summed E-state index contributed by atoms with van der Waals surface area (Å²) in [6, 6.07) is 7.25. The average molecular weight is 270 g/mol. The van der Waals surface area contributed by atoms with Gasteiger partial charge in [-0.1, -0.05) is 11.6 Å². The van der Waals surface area contributed by atoms with Crippen molar-refractivity contribution < 1.29 is 9.21 Å². The fourth-order valence-electron chi connectivity index (χ4n) is 1.38. The van der Waals surface area contributed by atoms with Gasteiger partial charge in [0.05, 0.1) is 6.20 Å². The smallest absolute Gasteiger partial charge is 0.222 e. The van der Waals surface area contributed by atoms with Crippen molar-refractivity contribution in [3.05, 3.63) is 41.4 Å². The molecule has 17 heavy (non-hydrogen) atoms. The van der Waals surface area contributed by atoms with Crippen LogP contribution in [0, 0.1) is 0 Å². The first-order valence-corrected chi connectivity index (χ1v) is 5.80. The third-order valence-electron chi connectivity index (χ3n) is 2.22. The Bertz CT molecular complexity index is 520. The van der Waals surface area contributed by atoms with Gasteiger partial charge < -0.3 is 4.42 Å². The molecule has 0 aliphatic heterocycles. The quantitative estimate of drug-likeness (QED) is 0.795. The predicted octanol–water partition coefficient (Wildman–Crippen LogP) is 3.69. The molecule has 5 heteroatoms. The number of carbonyl (C=O) groups excluding carboxylic acids is 1. The van der Waals surface area contributed by atoms with Gasteiger partial charge in [0.2, 0.25) is 5.24 Å². The van der Waals surface area contributed by atoms with Crippen LogP contribution in [0.5, 0.6) is 0 Å². The summed E-state index contributed by atoms with van der Waals surface area (Å²) in [5.41, 5.74) is 0.894. The van der Waals surface area contributed by atoms with Gasteiger partial charge in [-0.3, -0.25) is 4.79 Å². The highest BCUT2D eigenvalue weighted by Crippen LogP contribution is 2.22. The Balaban J connectivity index is 2.12. The highest BCUT2D eigenvalue weighted by molar-refractivity contribution is 6.63. The van der Waals surface area contributed by atoms with E-state index in [1.54, 1.807) is 18.3 Å². The standard InChI is InChI=1S/C12H9Cl2NO2/c13-9-3-1-8(2-4-9)10-7-15-12(17-10)6-5-11(14)16/h1-4,7H,5-6H2. The van der Waals surface area contributed by atoms with E-state index in [4.69, 9.17) is 27.6 Å². The SMILES string of the molecule is O=C(Cl)CCc1ncc(-c2ccc(Cl)cc2)o1. The van der Waals surface area contributed by atoms with E-state index in [9.17, 15) is 4.79 Å². The largest absolute Gasteiger partial charge is 0.441 e. The monoisotopic (exact) mass is 269 g/mol. The molecule has 88 valence electrons. The normalized spacial score (nSPS) is 10.5. The van der Waals surface area contributed by atoms with E-state index in [2.05, 4.69) is 4.98 Å². The van der Waals surface area contributed by atoms with E-state index in [1.807, 2.05) is 12.1 Å². The summed E-state index contributed by atoms with van der Waals surface area (Å²) < 4.78 is 5.49. The van der Waals surface area contributed by atoms with Gasteiger partial charge in [-0.2, -0.15) is 0 Å². The number of benzene rings is 1. The fourth-order valence-corrected chi connectivity index (χ4v) is 1.60. The third kappa shape index (κ3) is 3.32. The molecule has 1 aromatic carbocycles. The average Bonchev–Trinajstić information content (AvgIpc) is 2.76. The van der Waals surface area contributed by atoms with E-state index in [-0.39, 0.29) is 6.42 Å². The molecule has 0 aliphatic rings. The van der Waals surface area contributed by atoms with E-state index in [0.717, 1.165) is 5.56 Å². The van der Waals surface area contributed by atoms with Gasteiger partial charge in [-0.05, 0) is 35.9 Å². The molecule has 0 radical (unpaired) electrons. The Labute approximate surface area is 108 Å². The van der Waals surface area contributed by atoms with Crippen LogP contribution >= 0.6 is 23.2 Å². The van der Waals surface area contributed by atoms with Crippen LogP contribution in [0.3, 0.4) is 0 Å². The molecule has 0 unspecified atom stereocenters. The van der Waals surface area contributed by atoms with Crippen LogP contribution in [0.25, 0.3) is 11.3 Å². The number of nitrogens with zero attached hydrogens (tertiary/aromatic N) is 1. The first-order valence-electron chi connectivity index (χ1n) is 5.04. The zero-order valence-electron chi connectivity index (χ0n) is 8.82. The summed E-state index contributed by atoms with van der Waals surface area (Å²) in [5.74, 6) is 1.16. The summed E-state index contributed by atoms with van der Waals surface area (Å²) in [6.45, 7) is 0. The molecule has 0 N–H and O–H groups in total. The molecular formula is C12H9Cl2NO2. The summed E-state index contributed by atoms with van der Waals surface area (Å²) in [7, 11) is 0. The second-order valence-corrected chi connectivity index (χ2v) is 4.34. The lowest BCUT2D eigenvalue weighted by molar-refractivity contribution is -0.111. The van der Waals surface area contributed by atoms with Crippen LogP contribution in [0.4, 0.5) is 0 Å². The molecule has 0 aliphatic carbocycles. The van der Waals surface area contributed by atoms with Gasteiger partial charge in [-0.15, -0.1) is 0 Å². The van der Waals surface area contributed by atoms with E-state index in [1.165, 1.54) is 0 Å². The molecule has 0 fully saturated rings. The lowest BCUT2D eigenvalue weighted by atomic mass is 10.2. The summed E-state index contributed by atoms with van der Waals surface area (Å²) in [5, 5.41) is 0.275. The van der Waals surface area contributed by atoms with Crippen molar-refractivity contribution in [3.63, 3.8) is 0 Å². The minimum atomic E-state index is -0.392. The Morgan fingerprint density at radius 3 is 2.65 bits per heavy atom. The van der Waals surface area contributed by atoms with Crippen molar-refractivity contribution in [2.75, 3.05) is 0 Å². The van der Waals surface area contributed by atoms with Crippen LogP contribution in [0.2, 0.25) is 5.02 Å². The molecule has 1 heterocycles. The summed E-state index contributed by atoms with van der Waals surface area (Å²) in [6.07, 6.45) is 2.26. The minimum absolute atomic E-state index is 0.224. The molecule has 0 saturated carbocycles. The number of hydrogen-bond acceptors (Lipinski definition) is 3. The summed E-state index contributed by atoms with van der Waals surface area (Å²) in [4.78, 5) is 14.7. The van der Waals surface area contributed by atoms with Gasteiger partial charge in [0.15, 0.2) is 11.7 Å². The number of halogens is 2. The number of aryl methyl sites for hydroxylation is 1. The Hall–Kier alpha value is -1.32. The molecule has 0 atom stereocenters. The van der Waals surface area contributed by atoms with Crippen LogP contribution in [0.15, 0.2) is 34.9 Å². The summed E-state index contributed by atoms with van der Waals surface area (Å²) >= 11 is 11.0. The predicted molar refractivity (Wildman–Crippen MR) is 66.1 cm³/mol. The highest BCUT2D eigenvalue weighted by Gasteiger charge is 2.07. The highest BCUT2D eigenvalue weighted by atomic mass is 35.5. The van der Waals surface area contributed by atoms with Gasteiger partial charge in [0.25, 0.3) is 0 Å². The Morgan fingerprint density at radius 2 is 2.00 bits per heavy atom. The first kappa shape index (κ1) is 12.1. The van der Waals surface area contributed by atoms with E-state index in [0.29, 0.717) is 23.1 Å². The van der Waals surface area contributed by atoms with Gasteiger partial charge in [0.1, 0.15) is 0 Å². The van der Waals surface area contributed by atoms with Crippen LogP contribution in [0.1, 0.15) is 12.3 Å². The van der Waals surface area contributed by atoms with Crippen molar-refractivity contribution in [1.29, 1.82) is 0 Å². The molecule has 0 bridgehead atoms. The third-order valence-corrected chi connectivity index (χ3v) is 2.66. The van der Waals surface area contributed by atoms with Crippen LogP contribution in [-0.4, -0.2) is 10.2 Å². The van der Waals surface area contributed by atoms with Gasteiger partial charge in [0, 0.05) is 23.4 Å². The van der Waals surface area contributed by atoms with Crippen molar-refractivity contribution >= 4 is 28.4 Å². The number of oxazole rings is 1.